The van der Waals surface area contributed by atoms with Gasteiger partial charge in [0.1, 0.15) is 11.6 Å². The van der Waals surface area contributed by atoms with Crippen LogP contribution in [-0.2, 0) is 0 Å². The molecule has 1 atom stereocenters. The van der Waals surface area contributed by atoms with Crippen LogP contribution in [0, 0.1) is 12.7 Å². The fourth-order valence-electron chi connectivity index (χ4n) is 1.55. The van der Waals surface area contributed by atoms with E-state index in [-0.39, 0.29) is 11.9 Å². The Labute approximate surface area is 99.7 Å². The highest BCUT2D eigenvalue weighted by Gasteiger charge is 2.07. The zero-order chi connectivity index (χ0) is 12.3. The van der Waals surface area contributed by atoms with Crippen LogP contribution in [0.3, 0.4) is 0 Å². The molecule has 2 aromatic rings. The van der Waals surface area contributed by atoms with E-state index in [9.17, 15) is 4.39 Å². The molecule has 2 aromatic heterocycles. The van der Waals surface area contributed by atoms with E-state index < -0.39 is 0 Å². The summed E-state index contributed by atoms with van der Waals surface area (Å²) in [7, 11) is 0. The molecule has 0 fully saturated rings. The van der Waals surface area contributed by atoms with Crippen molar-refractivity contribution in [2.75, 3.05) is 5.32 Å². The number of aryl methyl sites for hydroxylation is 1. The lowest BCUT2D eigenvalue weighted by Gasteiger charge is -2.14. The summed E-state index contributed by atoms with van der Waals surface area (Å²) >= 11 is 0. The lowest BCUT2D eigenvalue weighted by atomic mass is 10.2. The summed E-state index contributed by atoms with van der Waals surface area (Å²) in [4.78, 5) is 8.24. The molecule has 0 amide bonds. The average Bonchev–Trinajstić information content (AvgIpc) is 2.29. The molecular weight excluding hydrogens is 217 g/mol. The SMILES string of the molecule is Cc1ccnc(NC(C)c2ccc(F)cn2)c1. The molecule has 0 radical (unpaired) electrons. The van der Waals surface area contributed by atoms with Gasteiger partial charge in [0.25, 0.3) is 0 Å². The Morgan fingerprint density at radius 2 is 2.06 bits per heavy atom. The third kappa shape index (κ3) is 3.00. The molecule has 1 N–H and O–H groups in total. The van der Waals surface area contributed by atoms with Gasteiger partial charge in [-0.2, -0.15) is 0 Å². The van der Waals surface area contributed by atoms with E-state index >= 15 is 0 Å². The van der Waals surface area contributed by atoms with Gasteiger partial charge in [-0.1, -0.05) is 0 Å². The molecule has 4 heteroatoms. The molecule has 0 saturated carbocycles. The standard InChI is InChI=1S/C13H14FN3/c1-9-5-6-15-13(7-9)17-10(2)12-4-3-11(14)8-16-12/h3-8,10H,1-2H3,(H,15,17). The molecule has 0 saturated heterocycles. The first-order valence-electron chi connectivity index (χ1n) is 5.46. The molecule has 0 bridgehead atoms. The molecule has 0 aliphatic heterocycles. The highest BCUT2D eigenvalue weighted by atomic mass is 19.1. The number of pyridine rings is 2. The lowest BCUT2D eigenvalue weighted by molar-refractivity contribution is 0.617. The van der Waals surface area contributed by atoms with Gasteiger partial charge in [-0.3, -0.25) is 4.98 Å². The minimum Gasteiger partial charge on any atom is -0.362 e. The number of aromatic nitrogens is 2. The zero-order valence-corrected chi connectivity index (χ0v) is 9.81. The maximum absolute atomic E-state index is 12.7. The number of hydrogen-bond donors (Lipinski definition) is 1. The molecule has 3 nitrogen and oxygen atoms in total. The molecule has 1 unspecified atom stereocenters. The Hall–Kier alpha value is -1.97. The molecule has 0 aliphatic carbocycles. The predicted molar refractivity (Wildman–Crippen MR) is 65.2 cm³/mol. The molecule has 0 aromatic carbocycles. The van der Waals surface area contributed by atoms with Crippen molar-refractivity contribution < 1.29 is 4.39 Å². The van der Waals surface area contributed by atoms with Crippen molar-refractivity contribution in [3.8, 4) is 0 Å². The van der Waals surface area contributed by atoms with E-state index in [2.05, 4.69) is 15.3 Å². The van der Waals surface area contributed by atoms with Gasteiger partial charge in [0, 0.05) is 6.20 Å². The molecular formula is C13H14FN3. The van der Waals surface area contributed by atoms with Crippen molar-refractivity contribution in [1.82, 2.24) is 9.97 Å². The highest BCUT2D eigenvalue weighted by Crippen LogP contribution is 2.16. The monoisotopic (exact) mass is 231 g/mol. The first kappa shape index (κ1) is 11.5. The number of rotatable bonds is 3. The van der Waals surface area contributed by atoms with Crippen molar-refractivity contribution in [3.05, 3.63) is 53.7 Å². The van der Waals surface area contributed by atoms with Crippen molar-refractivity contribution in [1.29, 1.82) is 0 Å². The quantitative estimate of drug-likeness (QED) is 0.882. The average molecular weight is 231 g/mol. The highest BCUT2D eigenvalue weighted by molar-refractivity contribution is 5.39. The Balaban J connectivity index is 2.11. The molecule has 17 heavy (non-hydrogen) atoms. The molecule has 0 spiro atoms. The molecule has 2 rings (SSSR count). The zero-order valence-electron chi connectivity index (χ0n) is 9.81. The van der Waals surface area contributed by atoms with Gasteiger partial charge < -0.3 is 5.32 Å². The maximum atomic E-state index is 12.7. The topological polar surface area (TPSA) is 37.8 Å². The molecule has 88 valence electrons. The van der Waals surface area contributed by atoms with Gasteiger partial charge >= 0.3 is 0 Å². The second-order valence-corrected chi connectivity index (χ2v) is 3.99. The third-order valence-corrected chi connectivity index (χ3v) is 2.47. The minimum atomic E-state index is -0.324. The Bertz CT molecular complexity index is 496. The Morgan fingerprint density at radius 3 is 2.71 bits per heavy atom. The first-order chi connectivity index (χ1) is 8.15. The van der Waals surface area contributed by atoms with Gasteiger partial charge in [-0.15, -0.1) is 0 Å². The fraction of sp³-hybridized carbons (Fsp3) is 0.231. The van der Waals surface area contributed by atoms with Crippen LogP contribution in [0.25, 0.3) is 0 Å². The largest absolute Gasteiger partial charge is 0.362 e. The van der Waals surface area contributed by atoms with Crippen molar-refractivity contribution in [3.63, 3.8) is 0 Å². The number of hydrogen-bond acceptors (Lipinski definition) is 3. The Morgan fingerprint density at radius 1 is 1.24 bits per heavy atom. The third-order valence-electron chi connectivity index (χ3n) is 2.47. The van der Waals surface area contributed by atoms with E-state index in [1.54, 1.807) is 12.3 Å². The van der Waals surface area contributed by atoms with E-state index in [1.165, 1.54) is 12.3 Å². The normalized spacial score (nSPS) is 12.2. The van der Waals surface area contributed by atoms with Crippen molar-refractivity contribution >= 4 is 5.82 Å². The summed E-state index contributed by atoms with van der Waals surface area (Å²) < 4.78 is 12.7. The van der Waals surface area contributed by atoms with E-state index in [0.717, 1.165) is 17.1 Å². The second-order valence-electron chi connectivity index (χ2n) is 3.99. The predicted octanol–water partition coefficient (Wildman–Crippen LogP) is 3.10. The fourth-order valence-corrected chi connectivity index (χ4v) is 1.55. The van der Waals surface area contributed by atoms with Crippen molar-refractivity contribution in [2.45, 2.75) is 19.9 Å². The van der Waals surface area contributed by atoms with Crippen molar-refractivity contribution in [2.24, 2.45) is 0 Å². The van der Waals surface area contributed by atoms with Crippen LogP contribution >= 0.6 is 0 Å². The summed E-state index contributed by atoms with van der Waals surface area (Å²) in [6.45, 7) is 3.97. The number of nitrogens with one attached hydrogen (secondary N) is 1. The van der Waals surface area contributed by atoms with E-state index in [0.29, 0.717) is 0 Å². The first-order valence-corrected chi connectivity index (χ1v) is 5.46. The molecule has 0 aliphatic rings. The second kappa shape index (κ2) is 4.91. The number of anilines is 1. The van der Waals surface area contributed by atoms with Crippen LogP contribution in [-0.4, -0.2) is 9.97 Å². The van der Waals surface area contributed by atoms with Crippen LogP contribution in [0.2, 0.25) is 0 Å². The van der Waals surface area contributed by atoms with Crippen LogP contribution < -0.4 is 5.32 Å². The number of nitrogens with zero attached hydrogens (tertiary/aromatic N) is 2. The summed E-state index contributed by atoms with van der Waals surface area (Å²) in [6, 6.07) is 6.96. The Kier molecular flexibility index (Phi) is 3.32. The smallest absolute Gasteiger partial charge is 0.141 e. The van der Waals surface area contributed by atoms with Gasteiger partial charge in [0.15, 0.2) is 0 Å². The van der Waals surface area contributed by atoms with Crippen LogP contribution in [0.15, 0.2) is 36.7 Å². The van der Waals surface area contributed by atoms with Gasteiger partial charge in [-0.05, 0) is 43.7 Å². The minimum absolute atomic E-state index is 0.00935. The van der Waals surface area contributed by atoms with Crippen LogP contribution in [0.1, 0.15) is 24.2 Å². The maximum Gasteiger partial charge on any atom is 0.141 e. The van der Waals surface area contributed by atoms with Crippen LogP contribution in [0.4, 0.5) is 10.2 Å². The summed E-state index contributed by atoms with van der Waals surface area (Å²) in [6.07, 6.45) is 2.97. The summed E-state index contributed by atoms with van der Waals surface area (Å²) in [5.41, 5.74) is 1.93. The van der Waals surface area contributed by atoms with Gasteiger partial charge in [0.2, 0.25) is 0 Å². The van der Waals surface area contributed by atoms with Crippen LogP contribution in [0.5, 0.6) is 0 Å². The van der Waals surface area contributed by atoms with Gasteiger partial charge in [-0.25, -0.2) is 9.37 Å². The molecule has 2 heterocycles. The van der Waals surface area contributed by atoms with Gasteiger partial charge in [0.05, 0.1) is 17.9 Å². The number of halogens is 1. The summed E-state index contributed by atoms with van der Waals surface area (Å²) in [5.74, 6) is 0.471. The lowest BCUT2D eigenvalue weighted by Crippen LogP contribution is -2.09. The van der Waals surface area contributed by atoms with E-state index in [1.807, 2.05) is 26.0 Å². The summed E-state index contributed by atoms with van der Waals surface area (Å²) in [5, 5.41) is 3.22. The van der Waals surface area contributed by atoms with E-state index in [4.69, 9.17) is 0 Å².